The number of Topliss-reactive ketones (excluding diaryl/α,β-unsaturated/α-hetero) is 1. The topological polar surface area (TPSA) is 50.3 Å². The third kappa shape index (κ3) is 2.21. The molecule has 15 heavy (non-hydrogen) atoms. The van der Waals surface area contributed by atoms with Crippen molar-refractivity contribution < 1.29 is 9.59 Å². The molecule has 0 N–H and O–H groups in total. The van der Waals surface area contributed by atoms with Crippen LogP contribution >= 0.6 is 0 Å². The Balaban J connectivity index is 2.06. The van der Waals surface area contributed by atoms with E-state index in [9.17, 15) is 9.59 Å². The van der Waals surface area contributed by atoms with Gasteiger partial charge in [-0.25, -0.2) is 0 Å². The Morgan fingerprint density at radius 2 is 2.20 bits per heavy atom. The summed E-state index contributed by atoms with van der Waals surface area (Å²) in [7, 11) is 0. The monoisotopic (exact) mass is 204 g/mol. The fourth-order valence-corrected chi connectivity index (χ4v) is 1.59. The minimum absolute atomic E-state index is 0.0000656. The molecule has 1 aliphatic rings. The van der Waals surface area contributed by atoms with Crippen LogP contribution in [0.1, 0.15) is 17.7 Å². The van der Waals surface area contributed by atoms with Crippen LogP contribution in [0.3, 0.4) is 0 Å². The first-order valence-electron chi connectivity index (χ1n) is 4.86. The van der Waals surface area contributed by atoms with Crippen molar-refractivity contribution in [3.63, 3.8) is 0 Å². The van der Waals surface area contributed by atoms with Gasteiger partial charge in [-0.15, -0.1) is 0 Å². The molecule has 0 radical (unpaired) electrons. The first kappa shape index (κ1) is 9.83. The largest absolute Gasteiger partial charge is 0.331 e. The maximum absolute atomic E-state index is 11.3. The van der Waals surface area contributed by atoms with Crippen LogP contribution in [0.4, 0.5) is 0 Å². The molecule has 0 saturated carbocycles. The lowest BCUT2D eigenvalue weighted by atomic mass is 10.2. The molecular formula is C11H12N2O2. The van der Waals surface area contributed by atoms with Gasteiger partial charge in [-0.3, -0.25) is 14.6 Å². The molecule has 78 valence electrons. The Labute approximate surface area is 87.9 Å². The van der Waals surface area contributed by atoms with Gasteiger partial charge in [-0.1, -0.05) is 6.07 Å². The number of carbonyl (C=O) groups is 2. The van der Waals surface area contributed by atoms with E-state index in [1.54, 1.807) is 11.1 Å². The quantitative estimate of drug-likeness (QED) is 0.666. The van der Waals surface area contributed by atoms with Gasteiger partial charge in [0.2, 0.25) is 5.91 Å². The zero-order valence-corrected chi connectivity index (χ0v) is 8.56. The average Bonchev–Trinajstić information content (AvgIpc) is 2.49. The van der Waals surface area contributed by atoms with Crippen molar-refractivity contribution >= 4 is 11.7 Å². The highest BCUT2D eigenvalue weighted by Gasteiger charge is 2.26. The second-order valence-corrected chi connectivity index (χ2v) is 3.77. The van der Waals surface area contributed by atoms with Crippen molar-refractivity contribution in [3.05, 3.63) is 29.6 Å². The lowest BCUT2D eigenvalue weighted by Crippen LogP contribution is -2.24. The molecule has 1 aromatic heterocycles. The Hall–Kier alpha value is -1.71. The Kier molecular flexibility index (Phi) is 2.49. The summed E-state index contributed by atoms with van der Waals surface area (Å²) in [4.78, 5) is 28.1. The third-order valence-electron chi connectivity index (χ3n) is 2.41. The summed E-state index contributed by atoms with van der Waals surface area (Å²) >= 11 is 0. The number of aryl methyl sites for hydroxylation is 1. The molecular weight excluding hydrogens is 192 g/mol. The van der Waals surface area contributed by atoms with Gasteiger partial charge in [-0.05, 0) is 18.6 Å². The Morgan fingerprint density at radius 1 is 1.40 bits per heavy atom. The van der Waals surface area contributed by atoms with Crippen LogP contribution in [-0.4, -0.2) is 28.1 Å². The molecule has 0 unspecified atom stereocenters. The van der Waals surface area contributed by atoms with Crippen LogP contribution in [0.2, 0.25) is 0 Å². The molecule has 4 nitrogen and oxygen atoms in total. The van der Waals surface area contributed by atoms with E-state index >= 15 is 0 Å². The average molecular weight is 204 g/mol. The van der Waals surface area contributed by atoms with Gasteiger partial charge in [0.05, 0.1) is 13.0 Å². The summed E-state index contributed by atoms with van der Waals surface area (Å²) in [6.07, 6.45) is 1.80. The van der Waals surface area contributed by atoms with Gasteiger partial charge in [0.15, 0.2) is 5.78 Å². The molecule has 1 aromatic rings. The number of aromatic nitrogens is 1. The van der Waals surface area contributed by atoms with E-state index in [1.807, 2.05) is 19.1 Å². The maximum atomic E-state index is 11.3. The summed E-state index contributed by atoms with van der Waals surface area (Å²) < 4.78 is 0. The van der Waals surface area contributed by atoms with E-state index < -0.39 is 0 Å². The molecule has 2 heterocycles. The summed E-state index contributed by atoms with van der Waals surface area (Å²) in [5, 5.41) is 0. The Bertz CT molecular complexity index is 398. The standard InChI is InChI=1S/C11H12N2O2/c1-8-2-3-9(5-12-8)6-13-7-10(14)4-11(13)15/h2-3,5H,4,6-7H2,1H3. The fourth-order valence-electron chi connectivity index (χ4n) is 1.59. The van der Waals surface area contributed by atoms with Gasteiger partial charge in [-0.2, -0.15) is 0 Å². The minimum Gasteiger partial charge on any atom is -0.331 e. The number of carbonyl (C=O) groups excluding carboxylic acids is 2. The number of amides is 1. The van der Waals surface area contributed by atoms with Gasteiger partial charge >= 0.3 is 0 Å². The molecule has 0 aromatic carbocycles. The molecule has 4 heteroatoms. The second kappa shape index (κ2) is 3.81. The van der Waals surface area contributed by atoms with E-state index in [0.29, 0.717) is 6.54 Å². The van der Waals surface area contributed by atoms with Crippen LogP contribution in [0.25, 0.3) is 0 Å². The van der Waals surface area contributed by atoms with Gasteiger partial charge < -0.3 is 4.90 Å². The molecule has 0 atom stereocenters. The van der Waals surface area contributed by atoms with Gasteiger partial charge in [0.25, 0.3) is 0 Å². The molecule has 0 bridgehead atoms. The SMILES string of the molecule is Cc1ccc(CN2CC(=O)CC2=O)cn1. The van der Waals surface area contributed by atoms with E-state index in [-0.39, 0.29) is 24.7 Å². The van der Waals surface area contributed by atoms with Crippen molar-refractivity contribution in [1.82, 2.24) is 9.88 Å². The van der Waals surface area contributed by atoms with Crippen molar-refractivity contribution in [2.45, 2.75) is 19.9 Å². The number of hydrogen-bond acceptors (Lipinski definition) is 3. The normalized spacial score (nSPS) is 16.2. The van der Waals surface area contributed by atoms with Crippen LogP contribution < -0.4 is 0 Å². The smallest absolute Gasteiger partial charge is 0.230 e. The number of hydrogen-bond donors (Lipinski definition) is 0. The summed E-state index contributed by atoms with van der Waals surface area (Å²) in [5.74, 6) is -0.0827. The van der Waals surface area contributed by atoms with Crippen molar-refractivity contribution in [1.29, 1.82) is 0 Å². The van der Waals surface area contributed by atoms with Crippen molar-refractivity contribution in [2.24, 2.45) is 0 Å². The van der Waals surface area contributed by atoms with E-state index in [0.717, 1.165) is 11.3 Å². The predicted molar refractivity (Wildman–Crippen MR) is 54.0 cm³/mol. The van der Waals surface area contributed by atoms with Crippen LogP contribution in [0.5, 0.6) is 0 Å². The lowest BCUT2D eigenvalue weighted by molar-refractivity contribution is -0.128. The molecule has 2 rings (SSSR count). The first-order valence-corrected chi connectivity index (χ1v) is 4.86. The number of ketones is 1. The molecule has 1 amide bonds. The van der Waals surface area contributed by atoms with Gasteiger partial charge in [0.1, 0.15) is 0 Å². The number of nitrogens with zero attached hydrogens (tertiary/aromatic N) is 2. The summed E-state index contributed by atoms with van der Waals surface area (Å²) in [5.41, 5.74) is 1.91. The van der Waals surface area contributed by atoms with Crippen LogP contribution in [-0.2, 0) is 16.1 Å². The van der Waals surface area contributed by atoms with Crippen molar-refractivity contribution in [2.75, 3.05) is 6.54 Å². The van der Waals surface area contributed by atoms with E-state index in [4.69, 9.17) is 0 Å². The maximum Gasteiger partial charge on any atom is 0.230 e. The van der Waals surface area contributed by atoms with E-state index in [1.165, 1.54) is 0 Å². The minimum atomic E-state index is -0.0828. The fraction of sp³-hybridized carbons (Fsp3) is 0.364. The lowest BCUT2D eigenvalue weighted by Gasteiger charge is -2.13. The first-order chi connectivity index (χ1) is 7.15. The summed E-state index contributed by atoms with van der Waals surface area (Å²) in [6, 6.07) is 3.83. The van der Waals surface area contributed by atoms with Crippen LogP contribution in [0, 0.1) is 6.92 Å². The predicted octanol–water partition coefficient (Wildman–Crippen LogP) is 0.691. The Morgan fingerprint density at radius 3 is 2.73 bits per heavy atom. The van der Waals surface area contributed by atoms with Gasteiger partial charge in [0, 0.05) is 18.4 Å². The second-order valence-electron chi connectivity index (χ2n) is 3.77. The zero-order valence-electron chi connectivity index (χ0n) is 8.56. The molecule has 1 aliphatic heterocycles. The number of likely N-dealkylation sites (tertiary alicyclic amines) is 1. The highest BCUT2D eigenvalue weighted by Crippen LogP contribution is 2.11. The number of pyridine rings is 1. The molecule has 1 fully saturated rings. The van der Waals surface area contributed by atoms with Crippen molar-refractivity contribution in [3.8, 4) is 0 Å². The molecule has 1 saturated heterocycles. The zero-order chi connectivity index (χ0) is 10.8. The highest BCUT2D eigenvalue weighted by molar-refractivity contribution is 6.05. The summed E-state index contributed by atoms with van der Waals surface area (Å²) in [6.45, 7) is 2.64. The molecule has 0 aliphatic carbocycles. The highest BCUT2D eigenvalue weighted by atomic mass is 16.2. The number of rotatable bonds is 2. The third-order valence-corrected chi connectivity index (χ3v) is 2.41. The van der Waals surface area contributed by atoms with Crippen LogP contribution in [0.15, 0.2) is 18.3 Å². The molecule has 0 spiro atoms. The van der Waals surface area contributed by atoms with E-state index in [2.05, 4.69) is 4.98 Å².